The summed E-state index contributed by atoms with van der Waals surface area (Å²) in [7, 11) is 0. The largest absolute Gasteiger partial charge is 0.420 e. The molecule has 2 atom stereocenters. The van der Waals surface area contributed by atoms with Gasteiger partial charge in [-0.1, -0.05) is 0 Å². The Hall–Kier alpha value is -3.19. The molecule has 34 heavy (non-hydrogen) atoms. The summed E-state index contributed by atoms with van der Waals surface area (Å²) in [5, 5.41) is 19.4. The van der Waals surface area contributed by atoms with Crippen molar-refractivity contribution in [3.05, 3.63) is 41.8 Å². The number of alkyl halides is 3. The topological polar surface area (TPSA) is 126 Å². The second-order valence-electron chi connectivity index (χ2n) is 8.05. The van der Waals surface area contributed by atoms with Crippen LogP contribution in [0.2, 0.25) is 0 Å². The number of nitrogens with one attached hydrogen (secondary N) is 2. The van der Waals surface area contributed by atoms with E-state index < -0.39 is 48.5 Å². The van der Waals surface area contributed by atoms with E-state index in [0.29, 0.717) is 18.7 Å². The number of nitrogens with two attached hydrogens (primary N) is 1. The van der Waals surface area contributed by atoms with E-state index >= 15 is 0 Å². The Morgan fingerprint density at radius 2 is 2.00 bits per heavy atom. The predicted octanol–water partition coefficient (Wildman–Crippen LogP) is 1.22. The number of aromatic nitrogens is 2. The Morgan fingerprint density at radius 3 is 2.56 bits per heavy atom. The van der Waals surface area contributed by atoms with Gasteiger partial charge in [0.15, 0.2) is 5.60 Å². The molecule has 1 saturated heterocycles. The molecule has 2 heterocycles. The Labute approximate surface area is 192 Å². The number of nitrogen functional groups attached to an aromatic ring is 1. The average Bonchev–Trinajstić information content (AvgIpc) is 3.45. The molecule has 0 saturated carbocycles. The van der Waals surface area contributed by atoms with Crippen LogP contribution in [0.3, 0.4) is 0 Å². The first-order valence-corrected chi connectivity index (χ1v) is 10.7. The molecular formula is C21H26F4N6O3. The average molecular weight is 486 g/mol. The van der Waals surface area contributed by atoms with E-state index in [0.717, 1.165) is 34.3 Å². The highest BCUT2D eigenvalue weighted by atomic mass is 19.4. The molecule has 1 aliphatic rings. The van der Waals surface area contributed by atoms with Gasteiger partial charge in [0.05, 0.1) is 31.0 Å². The maximum Gasteiger partial charge on any atom is 0.420 e. The third kappa shape index (κ3) is 5.30. The molecule has 0 radical (unpaired) electrons. The number of hydrogen-bond donors (Lipinski definition) is 4. The molecule has 1 aliphatic heterocycles. The Balaban J connectivity index is 1.74. The lowest BCUT2D eigenvalue weighted by atomic mass is 10.0. The number of anilines is 1. The summed E-state index contributed by atoms with van der Waals surface area (Å²) >= 11 is 0. The normalized spacial score (nSPS) is 17.9. The number of nitrogens with zero attached hydrogens (tertiary/aromatic N) is 3. The molecule has 1 fully saturated rings. The minimum absolute atomic E-state index is 0.0548. The Morgan fingerprint density at radius 1 is 1.32 bits per heavy atom. The first kappa shape index (κ1) is 25.4. The van der Waals surface area contributed by atoms with Crippen molar-refractivity contribution in [1.29, 1.82) is 0 Å². The fourth-order valence-corrected chi connectivity index (χ4v) is 3.67. The fraction of sp³-hybridized carbons (Fsp3) is 0.476. The maximum absolute atomic E-state index is 13.8. The van der Waals surface area contributed by atoms with Crippen LogP contribution in [0.5, 0.6) is 0 Å². The van der Waals surface area contributed by atoms with E-state index in [4.69, 9.17) is 5.73 Å². The van der Waals surface area contributed by atoms with Crippen molar-refractivity contribution in [3.63, 3.8) is 0 Å². The summed E-state index contributed by atoms with van der Waals surface area (Å²) < 4.78 is 55.7. The SMILES string of the molecule is CCN(CC(O)(CNC(=O)c1cnn(-c2ccc(F)cc2)c1N)C(F)(F)F)C(=O)[C@H]1CCCN1. The summed E-state index contributed by atoms with van der Waals surface area (Å²) in [5.41, 5.74) is 2.62. The lowest BCUT2D eigenvalue weighted by Crippen LogP contribution is -2.61. The number of likely N-dealkylation sites (N-methyl/N-ethyl adjacent to an activating group) is 1. The molecule has 13 heteroatoms. The molecule has 186 valence electrons. The first-order chi connectivity index (χ1) is 16.0. The van der Waals surface area contributed by atoms with Crippen LogP contribution in [-0.2, 0) is 4.79 Å². The van der Waals surface area contributed by atoms with Crippen molar-refractivity contribution in [1.82, 2.24) is 25.3 Å². The third-order valence-electron chi connectivity index (χ3n) is 5.70. The standard InChI is InChI=1S/C21H26F4N6O3/c1-2-30(19(33)16-4-3-9-27-16)12-20(34,21(23,24)25)11-28-18(32)15-10-29-31(17(15)26)14-7-5-13(22)6-8-14/h5-8,10,16,27,34H,2-4,9,11-12,26H2,1H3,(H,28,32)/t16-,20?/m1/s1. The zero-order valence-electron chi connectivity index (χ0n) is 18.4. The van der Waals surface area contributed by atoms with E-state index in [1.165, 1.54) is 19.1 Å². The number of benzene rings is 1. The van der Waals surface area contributed by atoms with E-state index in [9.17, 15) is 32.3 Å². The van der Waals surface area contributed by atoms with Crippen molar-refractivity contribution in [2.75, 3.05) is 31.9 Å². The van der Waals surface area contributed by atoms with Crippen LogP contribution in [0.15, 0.2) is 30.5 Å². The number of hydrogen-bond acceptors (Lipinski definition) is 6. The highest BCUT2D eigenvalue weighted by Gasteiger charge is 2.55. The van der Waals surface area contributed by atoms with Crippen LogP contribution >= 0.6 is 0 Å². The lowest BCUT2D eigenvalue weighted by molar-refractivity contribution is -0.261. The van der Waals surface area contributed by atoms with Gasteiger partial charge < -0.3 is 26.4 Å². The molecule has 0 bridgehead atoms. The molecule has 9 nitrogen and oxygen atoms in total. The van der Waals surface area contributed by atoms with Crippen LogP contribution in [0.25, 0.3) is 5.69 Å². The Bertz CT molecular complexity index is 1020. The second-order valence-corrected chi connectivity index (χ2v) is 8.05. The van der Waals surface area contributed by atoms with Gasteiger partial charge >= 0.3 is 6.18 Å². The number of amides is 2. The summed E-state index contributed by atoms with van der Waals surface area (Å²) in [6.45, 7) is -0.221. The third-order valence-corrected chi connectivity index (χ3v) is 5.70. The minimum Gasteiger partial charge on any atom is -0.383 e. The van der Waals surface area contributed by atoms with Gasteiger partial charge in [-0.15, -0.1) is 0 Å². The maximum atomic E-state index is 13.8. The quantitative estimate of drug-likeness (QED) is 0.416. The zero-order chi connectivity index (χ0) is 25.1. The van der Waals surface area contributed by atoms with E-state index in [-0.39, 0.29) is 17.9 Å². The van der Waals surface area contributed by atoms with Gasteiger partial charge in [0.25, 0.3) is 5.91 Å². The predicted molar refractivity (Wildman–Crippen MR) is 115 cm³/mol. The Kier molecular flexibility index (Phi) is 7.46. The van der Waals surface area contributed by atoms with Crippen LogP contribution in [-0.4, -0.2) is 75.6 Å². The number of carbonyl (C=O) groups is 2. The molecule has 2 amide bonds. The first-order valence-electron chi connectivity index (χ1n) is 10.7. The zero-order valence-corrected chi connectivity index (χ0v) is 18.4. The summed E-state index contributed by atoms with van der Waals surface area (Å²) in [6, 6.07) is 4.42. The number of halogens is 4. The van der Waals surface area contributed by atoms with Crippen molar-refractivity contribution < 1.29 is 32.3 Å². The van der Waals surface area contributed by atoms with Crippen LogP contribution in [0.1, 0.15) is 30.1 Å². The van der Waals surface area contributed by atoms with Crippen molar-refractivity contribution in [3.8, 4) is 5.69 Å². The van der Waals surface area contributed by atoms with Gasteiger partial charge in [0.1, 0.15) is 17.2 Å². The molecule has 1 unspecified atom stereocenters. The molecule has 1 aromatic heterocycles. The van der Waals surface area contributed by atoms with E-state index in [2.05, 4.69) is 10.4 Å². The van der Waals surface area contributed by atoms with E-state index in [1.807, 2.05) is 5.32 Å². The smallest absolute Gasteiger partial charge is 0.383 e. The number of rotatable bonds is 8. The second kappa shape index (κ2) is 9.97. The summed E-state index contributed by atoms with van der Waals surface area (Å²) in [4.78, 5) is 26.1. The van der Waals surface area contributed by atoms with Crippen LogP contribution in [0.4, 0.5) is 23.4 Å². The van der Waals surface area contributed by atoms with Crippen molar-refractivity contribution >= 4 is 17.6 Å². The molecule has 2 aromatic rings. The molecule has 5 N–H and O–H groups in total. The highest BCUT2D eigenvalue weighted by molar-refractivity contribution is 5.98. The summed E-state index contributed by atoms with van der Waals surface area (Å²) in [5.74, 6) is -2.22. The molecule has 1 aromatic carbocycles. The van der Waals surface area contributed by atoms with Gasteiger partial charge in [0.2, 0.25) is 5.91 Å². The number of aliphatic hydroxyl groups is 1. The molecular weight excluding hydrogens is 460 g/mol. The van der Waals surface area contributed by atoms with Gasteiger partial charge in [-0.05, 0) is 50.6 Å². The van der Waals surface area contributed by atoms with Gasteiger partial charge in [0, 0.05) is 6.54 Å². The molecule has 0 spiro atoms. The summed E-state index contributed by atoms with van der Waals surface area (Å²) in [6.07, 6.45) is -2.87. The van der Waals surface area contributed by atoms with Crippen molar-refractivity contribution in [2.45, 2.75) is 37.6 Å². The van der Waals surface area contributed by atoms with Crippen molar-refractivity contribution in [2.24, 2.45) is 0 Å². The van der Waals surface area contributed by atoms with Crippen LogP contribution < -0.4 is 16.4 Å². The minimum atomic E-state index is -5.14. The van der Waals surface area contributed by atoms with Gasteiger partial charge in [-0.2, -0.15) is 18.3 Å². The molecule has 0 aliphatic carbocycles. The fourth-order valence-electron chi connectivity index (χ4n) is 3.67. The monoisotopic (exact) mass is 486 g/mol. The molecule has 3 rings (SSSR count). The van der Waals surface area contributed by atoms with E-state index in [1.54, 1.807) is 0 Å². The highest BCUT2D eigenvalue weighted by Crippen LogP contribution is 2.31. The van der Waals surface area contributed by atoms with Crippen LogP contribution in [0, 0.1) is 5.82 Å². The lowest BCUT2D eigenvalue weighted by Gasteiger charge is -2.36. The number of carbonyl (C=O) groups excluding carboxylic acids is 2. The van der Waals surface area contributed by atoms with Gasteiger partial charge in [-0.3, -0.25) is 9.59 Å². The van der Waals surface area contributed by atoms with Gasteiger partial charge in [-0.25, -0.2) is 9.07 Å².